The Morgan fingerprint density at radius 3 is 2.18 bits per heavy atom. The van der Waals surface area contributed by atoms with Crippen molar-refractivity contribution in [3.63, 3.8) is 0 Å². The van der Waals surface area contributed by atoms with E-state index in [2.05, 4.69) is 36.8 Å². The minimum atomic E-state index is 0.723. The number of ether oxygens (including phenoxy) is 1. The molecule has 0 saturated heterocycles. The fourth-order valence-corrected chi connectivity index (χ4v) is 2.12. The second-order valence-electron chi connectivity index (χ2n) is 3.81. The normalized spacial score (nSPS) is 10.4. The van der Waals surface area contributed by atoms with E-state index in [1.165, 1.54) is 0 Å². The molecule has 0 spiro atoms. The molecule has 0 radical (unpaired) electrons. The van der Waals surface area contributed by atoms with E-state index < -0.39 is 0 Å². The van der Waals surface area contributed by atoms with E-state index >= 15 is 0 Å². The monoisotopic (exact) mass is 355 g/mol. The van der Waals surface area contributed by atoms with Crippen molar-refractivity contribution in [2.45, 2.75) is 13.8 Å². The molecule has 17 heavy (non-hydrogen) atoms. The van der Waals surface area contributed by atoms with Gasteiger partial charge in [0.2, 0.25) is 0 Å². The first-order valence-electron chi connectivity index (χ1n) is 5.11. The van der Waals surface area contributed by atoms with Crippen LogP contribution in [-0.2, 0) is 0 Å². The molecule has 0 aliphatic heterocycles. The highest BCUT2D eigenvalue weighted by atomic mass is 79.9. The van der Waals surface area contributed by atoms with Crippen LogP contribution in [-0.4, -0.2) is 4.98 Å². The SMILES string of the molecule is Cc1cc(Oc2cncc(Br)c2)cc(C)c1Br. The molecule has 2 rings (SSSR count). The Labute approximate surface area is 117 Å². The Morgan fingerprint density at radius 1 is 0.941 bits per heavy atom. The predicted molar refractivity (Wildman–Crippen MR) is 75.6 cm³/mol. The quantitative estimate of drug-likeness (QED) is 0.754. The maximum atomic E-state index is 5.76. The van der Waals surface area contributed by atoms with Crippen LogP contribution in [0.4, 0.5) is 0 Å². The van der Waals surface area contributed by atoms with Crippen molar-refractivity contribution >= 4 is 31.9 Å². The van der Waals surface area contributed by atoms with Gasteiger partial charge in [0.05, 0.1) is 6.20 Å². The minimum absolute atomic E-state index is 0.723. The average molecular weight is 357 g/mol. The molecular formula is C13H11Br2NO. The number of aryl methyl sites for hydroxylation is 2. The van der Waals surface area contributed by atoms with Crippen LogP contribution in [0.1, 0.15) is 11.1 Å². The molecule has 1 aromatic carbocycles. The number of halogens is 2. The fraction of sp³-hybridized carbons (Fsp3) is 0.154. The summed E-state index contributed by atoms with van der Waals surface area (Å²) in [6.45, 7) is 4.09. The maximum absolute atomic E-state index is 5.76. The van der Waals surface area contributed by atoms with Crippen molar-refractivity contribution in [1.82, 2.24) is 4.98 Å². The first-order chi connectivity index (χ1) is 8.06. The van der Waals surface area contributed by atoms with Crippen molar-refractivity contribution in [2.24, 2.45) is 0 Å². The molecule has 0 fully saturated rings. The topological polar surface area (TPSA) is 22.1 Å². The molecule has 88 valence electrons. The summed E-state index contributed by atoms with van der Waals surface area (Å²) in [5, 5.41) is 0. The lowest BCUT2D eigenvalue weighted by Gasteiger charge is -2.09. The Morgan fingerprint density at radius 2 is 1.59 bits per heavy atom. The number of hydrogen-bond donors (Lipinski definition) is 0. The summed E-state index contributed by atoms with van der Waals surface area (Å²) in [5.74, 6) is 1.54. The van der Waals surface area contributed by atoms with Crippen LogP contribution >= 0.6 is 31.9 Å². The highest BCUT2D eigenvalue weighted by Gasteiger charge is 2.04. The third kappa shape index (κ3) is 3.07. The van der Waals surface area contributed by atoms with Gasteiger partial charge in [0, 0.05) is 15.1 Å². The molecule has 2 nitrogen and oxygen atoms in total. The number of rotatable bonds is 2. The second-order valence-corrected chi connectivity index (χ2v) is 5.52. The molecule has 0 atom stereocenters. The van der Waals surface area contributed by atoms with Crippen molar-refractivity contribution in [1.29, 1.82) is 0 Å². The molecule has 0 N–H and O–H groups in total. The molecule has 1 aromatic heterocycles. The minimum Gasteiger partial charge on any atom is -0.456 e. The molecule has 1 heterocycles. The average Bonchev–Trinajstić information content (AvgIpc) is 2.26. The maximum Gasteiger partial charge on any atom is 0.146 e. The van der Waals surface area contributed by atoms with Crippen LogP contribution in [0.25, 0.3) is 0 Å². The van der Waals surface area contributed by atoms with Gasteiger partial charge in [0.1, 0.15) is 11.5 Å². The van der Waals surface area contributed by atoms with Gasteiger partial charge in [-0.05, 0) is 59.1 Å². The van der Waals surface area contributed by atoms with Crippen LogP contribution in [0, 0.1) is 13.8 Å². The van der Waals surface area contributed by atoms with E-state index in [9.17, 15) is 0 Å². The Bertz CT molecular complexity index is 532. The Hall–Kier alpha value is -0.870. The first kappa shape index (κ1) is 12.6. The smallest absolute Gasteiger partial charge is 0.146 e. The van der Waals surface area contributed by atoms with E-state index in [0.717, 1.165) is 31.6 Å². The summed E-state index contributed by atoms with van der Waals surface area (Å²) < 4.78 is 7.79. The van der Waals surface area contributed by atoms with Gasteiger partial charge in [-0.2, -0.15) is 0 Å². The summed E-state index contributed by atoms with van der Waals surface area (Å²) >= 11 is 6.90. The van der Waals surface area contributed by atoms with Crippen LogP contribution in [0.5, 0.6) is 11.5 Å². The van der Waals surface area contributed by atoms with Gasteiger partial charge in [0.25, 0.3) is 0 Å². The molecule has 4 heteroatoms. The lowest BCUT2D eigenvalue weighted by molar-refractivity contribution is 0.479. The Kier molecular flexibility index (Phi) is 3.84. The number of benzene rings is 1. The van der Waals surface area contributed by atoms with Gasteiger partial charge in [-0.1, -0.05) is 15.9 Å². The molecule has 2 aromatic rings. The van der Waals surface area contributed by atoms with Crippen LogP contribution in [0.2, 0.25) is 0 Å². The van der Waals surface area contributed by atoms with Gasteiger partial charge in [-0.15, -0.1) is 0 Å². The lowest BCUT2D eigenvalue weighted by Crippen LogP contribution is -1.89. The van der Waals surface area contributed by atoms with E-state index in [4.69, 9.17) is 4.74 Å². The molecule has 0 bridgehead atoms. The van der Waals surface area contributed by atoms with Gasteiger partial charge >= 0.3 is 0 Å². The summed E-state index contributed by atoms with van der Waals surface area (Å²) in [6, 6.07) is 5.88. The number of aromatic nitrogens is 1. The van der Waals surface area contributed by atoms with Gasteiger partial charge in [0.15, 0.2) is 0 Å². The highest BCUT2D eigenvalue weighted by Crippen LogP contribution is 2.29. The second kappa shape index (κ2) is 5.19. The summed E-state index contributed by atoms with van der Waals surface area (Å²) in [5.41, 5.74) is 2.31. The van der Waals surface area contributed by atoms with Crippen molar-refractivity contribution in [3.05, 3.63) is 50.7 Å². The van der Waals surface area contributed by atoms with E-state index in [1.54, 1.807) is 12.4 Å². The summed E-state index contributed by atoms with van der Waals surface area (Å²) in [7, 11) is 0. The van der Waals surface area contributed by atoms with E-state index in [0.29, 0.717) is 0 Å². The molecule has 0 amide bonds. The third-order valence-corrected chi connectivity index (χ3v) is 4.01. The van der Waals surface area contributed by atoms with Crippen LogP contribution in [0.15, 0.2) is 39.5 Å². The standard InChI is InChI=1S/C13H11Br2NO/c1-8-3-11(4-9(2)13(8)15)17-12-5-10(14)6-16-7-12/h3-7H,1-2H3. The number of hydrogen-bond acceptors (Lipinski definition) is 2. The Balaban J connectivity index is 2.31. The molecule has 0 aliphatic carbocycles. The van der Waals surface area contributed by atoms with E-state index in [1.807, 2.05) is 32.0 Å². The zero-order valence-corrected chi connectivity index (χ0v) is 12.7. The van der Waals surface area contributed by atoms with Gasteiger partial charge < -0.3 is 4.74 Å². The number of pyridine rings is 1. The van der Waals surface area contributed by atoms with E-state index in [-0.39, 0.29) is 0 Å². The van der Waals surface area contributed by atoms with Crippen molar-refractivity contribution < 1.29 is 4.74 Å². The van der Waals surface area contributed by atoms with Gasteiger partial charge in [-0.3, -0.25) is 4.98 Å². The number of nitrogens with zero attached hydrogens (tertiary/aromatic N) is 1. The zero-order valence-electron chi connectivity index (χ0n) is 9.50. The van der Waals surface area contributed by atoms with Crippen LogP contribution in [0.3, 0.4) is 0 Å². The molecule has 0 aliphatic rings. The largest absolute Gasteiger partial charge is 0.456 e. The third-order valence-electron chi connectivity index (χ3n) is 2.33. The lowest BCUT2D eigenvalue weighted by atomic mass is 10.1. The van der Waals surface area contributed by atoms with Gasteiger partial charge in [-0.25, -0.2) is 0 Å². The summed E-state index contributed by atoms with van der Waals surface area (Å²) in [6.07, 6.45) is 3.42. The fourth-order valence-electron chi connectivity index (χ4n) is 1.55. The molecular weight excluding hydrogens is 346 g/mol. The van der Waals surface area contributed by atoms with Crippen LogP contribution < -0.4 is 4.74 Å². The van der Waals surface area contributed by atoms with Crippen molar-refractivity contribution in [2.75, 3.05) is 0 Å². The summed E-state index contributed by atoms with van der Waals surface area (Å²) in [4.78, 5) is 4.06. The molecule has 0 unspecified atom stereocenters. The zero-order chi connectivity index (χ0) is 12.4. The highest BCUT2D eigenvalue weighted by molar-refractivity contribution is 9.10. The first-order valence-corrected chi connectivity index (χ1v) is 6.70. The van der Waals surface area contributed by atoms with Crippen molar-refractivity contribution in [3.8, 4) is 11.5 Å². The predicted octanol–water partition coefficient (Wildman–Crippen LogP) is 5.02. The molecule has 0 saturated carbocycles.